The number of aryl methyl sites for hydroxylation is 1. The lowest BCUT2D eigenvalue weighted by atomic mass is 10.0. The lowest BCUT2D eigenvalue weighted by Crippen LogP contribution is -2.18. The Hall–Kier alpha value is -1.16. The summed E-state index contributed by atoms with van der Waals surface area (Å²) in [5, 5.41) is 3.44. The Kier molecular flexibility index (Phi) is 2.61. The van der Waals surface area contributed by atoms with Crippen LogP contribution >= 0.6 is 0 Å². The van der Waals surface area contributed by atoms with Gasteiger partial charge in [-0.2, -0.15) is 4.98 Å². The van der Waals surface area contributed by atoms with E-state index in [2.05, 4.69) is 29.1 Å². The second-order valence-electron chi connectivity index (χ2n) is 4.25. The lowest BCUT2D eigenvalue weighted by molar-refractivity contribution is 0.390. The van der Waals surface area contributed by atoms with Crippen molar-refractivity contribution in [1.29, 1.82) is 0 Å². The van der Waals surface area contributed by atoms with Crippen LogP contribution in [0.1, 0.15) is 37.0 Å². The Labute approximate surface area is 90.1 Å². The number of nitrogens with one attached hydrogen (secondary N) is 1. The number of hydrogen-bond acceptors (Lipinski definition) is 4. The molecule has 0 saturated carbocycles. The van der Waals surface area contributed by atoms with Gasteiger partial charge < -0.3 is 10.1 Å². The molecule has 2 heterocycles. The van der Waals surface area contributed by atoms with Gasteiger partial charge in [-0.25, -0.2) is 4.98 Å². The SMILES string of the molecule is COc1nc(C)nc2c1CNC2C(C)C. The van der Waals surface area contributed by atoms with Crippen LogP contribution < -0.4 is 10.1 Å². The average molecular weight is 207 g/mol. The minimum absolute atomic E-state index is 0.329. The topological polar surface area (TPSA) is 47.0 Å². The summed E-state index contributed by atoms with van der Waals surface area (Å²) < 4.78 is 5.27. The zero-order valence-electron chi connectivity index (χ0n) is 9.66. The second kappa shape index (κ2) is 3.77. The summed E-state index contributed by atoms with van der Waals surface area (Å²) in [6.45, 7) is 7.09. The maximum Gasteiger partial charge on any atom is 0.221 e. The van der Waals surface area contributed by atoms with E-state index in [1.165, 1.54) is 0 Å². The van der Waals surface area contributed by atoms with Crippen molar-refractivity contribution in [2.75, 3.05) is 7.11 Å². The van der Waals surface area contributed by atoms with E-state index in [0.717, 1.165) is 23.6 Å². The van der Waals surface area contributed by atoms with E-state index in [4.69, 9.17) is 4.74 Å². The number of rotatable bonds is 2. The summed E-state index contributed by atoms with van der Waals surface area (Å²) >= 11 is 0. The maximum absolute atomic E-state index is 5.27. The first-order chi connectivity index (χ1) is 7.13. The zero-order chi connectivity index (χ0) is 11.0. The molecule has 0 saturated heterocycles. The Morgan fingerprint density at radius 2 is 2.13 bits per heavy atom. The quantitative estimate of drug-likeness (QED) is 0.800. The van der Waals surface area contributed by atoms with Gasteiger partial charge >= 0.3 is 0 Å². The van der Waals surface area contributed by atoms with Crippen LogP contribution in [0.25, 0.3) is 0 Å². The molecule has 0 bridgehead atoms. The van der Waals surface area contributed by atoms with E-state index in [-0.39, 0.29) is 0 Å². The molecule has 0 fully saturated rings. The number of fused-ring (bicyclic) bond motifs is 1. The lowest BCUT2D eigenvalue weighted by Gasteiger charge is -2.15. The summed E-state index contributed by atoms with van der Waals surface area (Å²) in [6.07, 6.45) is 0. The van der Waals surface area contributed by atoms with Crippen LogP contribution in [0.5, 0.6) is 5.88 Å². The van der Waals surface area contributed by atoms with E-state index in [0.29, 0.717) is 17.8 Å². The minimum atomic E-state index is 0.329. The van der Waals surface area contributed by atoms with Crippen molar-refractivity contribution in [1.82, 2.24) is 15.3 Å². The molecule has 2 rings (SSSR count). The van der Waals surface area contributed by atoms with Gasteiger partial charge in [-0.1, -0.05) is 13.8 Å². The van der Waals surface area contributed by atoms with Gasteiger partial charge in [0.05, 0.1) is 24.4 Å². The van der Waals surface area contributed by atoms with E-state index >= 15 is 0 Å². The monoisotopic (exact) mass is 207 g/mol. The average Bonchev–Trinajstić information content (AvgIpc) is 2.59. The Morgan fingerprint density at radius 3 is 2.73 bits per heavy atom. The van der Waals surface area contributed by atoms with Crippen molar-refractivity contribution >= 4 is 0 Å². The maximum atomic E-state index is 5.27. The molecule has 1 aromatic rings. The predicted octanol–water partition coefficient (Wildman–Crippen LogP) is 1.59. The van der Waals surface area contributed by atoms with Gasteiger partial charge in [0.2, 0.25) is 5.88 Å². The van der Waals surface area contributed by atoms with Crippen LogP contribution in [0.2, 0.25) is 0 Å². The second-order valence-corrected chi connectivity index (χ2v) is 4.25. The van der Waals surface area contributed by atoms with Gasteiger partial charge in [0.15, 0.2) is 0 Å². The molecule has 1 aromatic heterocycles. The standard InChI is InChI=1S/C11H17N3O/c1-6(2)9-10-8(5-12-9)11(15-4)14-7(3)13-10/h6,9,12H,5H2,1-4H3. The van der Waals surface area contributed by atoms with Crippen molar-refractivity contribution in [3.8, 4) is 5.88 Å². The Morgan fingerprint density at radius 1 is 1.40 bits per heavy atom. The first kappa shape index (κ1) is 10.4. The van der Waals surface area contributed by atoms with Crippen molar-refractivity contribution in [3.05, 3.63) is 17.1 Å². The third kappa shape index (κ3) is 1.69. The first-order valence-corrected chi connectivity index (χ1v) is 5.28. The molecule has 82 valence electrons. The molecule has 1 N–H and O–H groups in total. The highest BCUT2D eigenvalue weighted by Crippen LogP contribution is 2.33. The van der Waals surface area contributed by atoms with Gasteiger partial charge in [-0.3, -0.25) is 0 Å². The number of hydrogen-bond donors (Lipinski definition) is 1. The Bertz CT molecular complexity index is 376. The number of aromatic nitrogens is 2. The Balaban J connectivity index is 2.48. The molecular formula is C11H17N3O. The molecular weight excluding hydrogens is 190 g/mol. The van der Waals surface area contributed by atoms with Gasteiger partial charge in [0.1, 0.15) is 5.82 Å². The third-order valence-corrected chi connectivity index (χ3v) is 2.77. The molecule has 1 unspecified atom stereocenters. The van der Waals surface area contributed by atoms with E-state index < -0.39 is 0 Å². The molecule has 0 radical (unpaired) electrons. The first-order valence-electron chi connectivity index (χ1n) is 5.28. The highest BCUT2D eigenvalue weighted by atomic mass is 16.5. The minimum Gasteiger partial charge on any atom is -0.481 e. The largest absolute Gasteiger partial charge is 0.481 e. The normalized spacial score (nSPS) is 19.4. The summed E-state index contributed by atoms with van der Waals surface area (Å²) in [5.41, 5.74) is 2.22. The number of methoxy groups -OCH3 is 1. The van der Waals surface area contributed by atoms with Crippen molar-refractivity contribution < 1.29 is 4.74 Å². The van der Waals surface area contributed by atoms with Crippen molar-refractivity contribution in [3.63, 3.8) is 0 Å². The molecule has 0 aliphatic carbocycles. The van der Waals surface area contributed by atoms with Crippen LogP contribution in [0.15, 0.2) is 0 Å². The molecule has 0 spiro atoms. The predicted molar refractivity (Wildman–Crippen MR) is 57.7 cm³/mol. The summed E-state index contributed by atoms with van der Waals surface area (Å²) in [7, 11) is 1.66. The smallest absolute Gasteiger partial charge is 0.221 e. The highest BCUT2D eigenvalue weighted by Gasteiger charge is 2.29. The van der Waals surface area contributed by atoms with Gasteiger partial charge in [-0.15, -0.1) is 0 Å². The molecule has 0 amide bonds. The molecule has 4 nitrogen and oxygen atoms in total. The molecule has 1 atom stereocenters. The summed E-state index contributed by atoms with van der Waals surface area (Å²) in [6, 6.07) is 0.329. The fourth-order valence-corrected chi connectivity index (χ4v) is 2.04. The summed E-state index contributed by atoms with van der Waals surface area (Å²) in [5.74, 6) is 2.03. The van der Waals surface area contributed by atoms with Gasteiger partial charge in [-0.05, 0) is 12.8 Å². The van der Waals surface area contributed by atoms with Crippen LogP contribution in [0.4, 0.5) is 0 Å². The molecule has 15 heavy (non-hydrogen) atoms. The van der Waals surface area contributed by atoms with E-state index in [1.807, 2.05) is 6.92 Å². The van der Waals surface area contributed by atoms with Crippen LogP contribution in [0, 0.1) is 12.8 Å². The van der Waals surface area contributed by atoms with E-state index in [9.17, 15) is 0 Å². The fraction of sp³-hybridized carbons (Fsp3) is 0.636. The van der Waals surface area contributed by atoms with Crippen LogP contribution in [0.3, 0.4) is 0 Å². The number of ether oxygens (including phenoxy) is 1. The van der Waals surface area contributed by atoms with Gasteiger partial charge in [0.25, 0.3) is 0 Å². The van der Waals surface area contributed by atoms with Crippen molar-refractivity contribution in [2.24, 2.45) is 5.92 Å². The summed E-state index contributed by atoms with van der Waals surface area (Å²) in [4.78, 5) is 8.80. The molecule has 1 aliphatic rings. The van der Waals surface area contributed by atoms with Crippen LogP contribution in [-0.4, -0.2) is 17.1 Å². The fourth-order valence-electron chi connectivity index (χ4n) is 2.04. The van der Waals surface area contributed by atoms with E-state index in [1.54, 1.807) is 7.11 Å². The number of nitrogens with zero attached hydrogens (tertiary/aromatic N) is 2. The molecule has 1 aliphatic heterocycles. The molecule has 0 aromatic carbocycles. The van der Waals surface area contributed by atoms with Crippen LogP contribution in [-0.2, 0) is 6.54 Å². The highest BCUT2D eigenvalue weighted by molar-refractivity contribution is 5.36. The zero-order valence-corrected chi connectivity index (χ0v) is 9.66. The third-order valence-electron chi connectivity index (χ3n) is 2.77. The van der Waals surface area contributed by atoms with Gasteiger partial charge in [0, 0.05) is 6.54 Å². The molecule has 4 heteroatoms. The van der Waals surface area contributed by atoms with Crippen molar-refractivity contribution in [2.45, 2.75) is 33.4 Å².